The lowest BCUT2D eigenvalue weighted by Crippen LogP contribution is -1.91. The van der Waals surface area contributed by atoms with Crippen LogP contribution in [0.1, 0.15) is 0 Å². The summed E-state index contributed by atoms with van der Waals surface area (Å²) in [5.41, 5.74) is 15.7. The maximum absolute atomic E-state index is 6.02. The average molecular weight is 223 g/mol. The maximum Gasteiger partial charge on any atom is 0.125 e. The topological polar surface area (TPSA) is 67.8 Å². The van der Waals surface area contributed by atoms with E-state index in [1.165, 1.54) is 0 Å². The van der Waals surface area contributed by atoms with Crippen molar-refractivity contribution in [2.24, 2.45) is 0 Å². The number of hydrogen-bond donors (Lipinski definition) is 3. The predicted octanol–water partition coefficient (Wildman–Crippen LogP) is 3.00. The SMILES string of the molecule is Nc1[nH]c2cccc(-c3ccccc3)c2c1N. The van der Waals surface area contributed by atoms with E-state index in [4.69, 9.17) is 11.5 Å². The molecule has 0 unspecified atom stereocenters. The van der Waals surface area contributed by atoms with E-state index in [0.717, 1.165) is 22.0 Å². The van der Waals surface area contributed by atoms with Crippen molar-refractivity contribution in [3.05, 3.63) is 48.5 Å². The number of nitrogen functional groups attached to an aromatic ring is 2. The average Bonchev–Trinajstić information content (AvgIpc) is 2.66. The van der Waals surface area contributed by atoms with Crippen LogP contribution in [0.15, 0.2) is 48.5 Å². The van der Waals surface area contributed by atoms with Gasteiger partial charge in [0.25, 0.3) is 0 Å². The Bertz CT molecular complexity index is 669. The first-order valence-corrected chi connectivity index (χ1v) is 5.48. The lowest BCUT2D eigenvalue weighted by molar-refractivity contribution is 1.47. The second-order valence-electron chi connectivity index (χ2n) is 4.05. The van der Waals surface area contributed by atoms with Gasteiger partial charge in [-0.05, 0) is 17.2 Å². The molecule has 0 saturated heterocycles. The van der Waals surface area contributed by atoms with Gasteiger partial charge in [-0.15, -0.1) is 0 Å². The molecule has 0 aliphatic heterocycles. The molecule has 17 heavy (non-hydrogen) atoms. The third-order valence-corrected chi connectivity index (χ3v) is 2.98. The first-order chi connectivity index (χ1) is 8.27. The number of nitrogens with two attached hydrogens (primary N) is 2. The summed E-state index contributed by atoms with van der Waals surface area (Å²) in [5.74, 6) is 0.531. The fraction of sp³-hybridized carbons (Fsp3) is 0. The van der Waals surface area contributed by atoms with Gasteiger partial charge in [-0.1, -0.05) is 42.5 Å². The molecule has 3 rings (SSSR count). The van der Waals surface area contributed by atoms with Crippen molar-refractivity contribution in [2.75, 3.05) is 11.5 Å². The minimum Gasteiger partial charge on any atom is -0.395 e. The highest BCUT2D eigenvalue weighted by molar-refractivity contribution is 6.07. The van der Waals surface area contributed by atoms with Gasteiger partial charge in [0.15, 0.2) is 0 Å². The number of rotatable bonds is 1. The van der Waals surface area contributed by atoms with Crippen molar-refractivity contribution >= 4 is 22.4 Å². The van der Waals surface area contributed by atoms with Gasteiger partial charge >= 0.3 is 0 Å². The van der Waals surface area contributed by atoms with E-state index in [-0.39, 0.29) is 0 Å². The van der Waals surface area contributed by atoms with Gasteiger partial charge in [-0.2, -0.15) is 0 Å². The first-order valence-electron chi connectivity index (χ1n) is 5.48. The zero-order valence-electron chi connectivity index (χ0n) is 9.27. The van der Waals surface area contributed by atoms with Gasteiger partial charge in [0.2, 0.25) is 0 Å². The van der Waals surface area contributed by atoms with Gasteiger partial charge in [0.05, 0.1) is 5.69 Å². The second kappa shape index (κ2) is 3.56. The molecule has 0 aliphatic carbocycles. The normalized spacial score (nSPS) is 10.8. The lowest BCUT2D eigenvalue weighted by atomic mass is 10.0. The fourth-order valence-electron chi connectivity index (χ4n) is 2.15. The van der Waals surface area contributed by atoms with Crippen LogP contribution in [0.2, 0.25) is 0 Å². The van der Waals surface area contributed by atoms with E-state index in [1.54, 1.807) is 0 Å². The van der Waals surface area contributed by atoms with Crippen molar-refractivity contribution in [1.82, 2.24) is 4.98 Å². The first kappa shape index (κ1) is 9.78. The quantitative estimate of drug-likeness (QED) is 0.593. The molecule has 0 fully saturated rings. The Morgan fingerprint density at radius 2 is 1.59 bits per heavy atom. The lowest BCUT2D eigenvalue weighted by Gasteiger charge is -2.04. The largest absolute Gasteiger partial charge is 0.395 e. The smallest absolute Gasteiger partial charge is 0.125 e. The van der Waals surface area contributed by atoms with Gasteiger partial charge < -0.3 is 16.5 Å². The Hall–Kier alpha value is -2.42. The molecule has 3 heteroatoms. The van der Waals surface area contributed by atoms with Crippen LogP contribution in [0.4, 0.5) is 11.5 Å². The molecule has 0 atom stereocenters. The molecule has 0 aliphatic rings. The Kier molecular flexibility index (Phi) is 2.05. The van der Waals surface area contributed by atoms with Crippen molar-refractivity contribution in [2.45, 2.75) is 0 Å². The van der Waals surface area contributed by atoms with E-state index in [1.807, 2.05) is 30.3 Å². The zero-order chi connectivity index (χ0) is 11.8. The molecule has 0 amide bonds. The molecule has 0 radical (unpaired) electrons. The van der Waals surface area contributed by atoms with E-state index in [9.17, 15) is 0 Å². The molecule has 0 spiro atoms. The Labute approximate surface area is 99.1 Å². The molecule has 1 aromatic heterocycles. The molecule has 3 aromatic rings. The van der Waals surface area contributed by atoms with Crippen LogP contribution in [-0.4, -0.2) is 4.98 Å². The van der Waals surface area contributed by atoms with Crippen LogP contribution < -0.4 is 11.5 Å². The van der Waals surface area contributed by atoms with Crippen molar-refractivity contribution in [3.8, 4) is 11.1 Å². The van der Waals surface area contributed by atoms with E-state index in [2.05, 4.69) is 23.2 Å². The summed E-state index contributed by atoms with van der Waals surface area (Å²) >= 11 is 0. The minimum absolute atomic E-state index is 0.531. The Morgan fingerprint density at radius 1 is 0.824 bits per heavy atom. The summed E-state index contributed by atoms with van der Waals surface area (Å²) in [6.45, 7) is 0. The molecule has 3 nitrogen and oxygen atoms in total. The summed E-state index contributed by atoms with van der Waals surface area (Å²) in [6, 6.07) is 16.2. The van der Waals surface area contributed by atoms with Crippen LogP contribution in [0.5, 0.6) is 0 Å². The van der Waals surface area contributed by atoms with Gasteiger partial charge in [-0.25, -0.2) is 0 Å². The molecule has 84 valence electrons. The van der Waals surface area contributed by atoms with Gasteiger partial charge in [0, 0.05) is 10.9 Å². The number of aromatic amines is 1. The highest BCUT2D eigenvalue weighted by Crippen LogP contribution is 2.35. The summed E-state index contributed by atoms with van der Waals surface area (Å²) in [4.78, 5) is 3.09. The molecular formula is C14H13N3. The number of fused-ring (bicyclic) bond motifs is 1. The van der Waals surface area contributed by atoms with Gasteiger partial charge in [0.1, 0.15) is 5.82 Å². The fourth-order valence-corrected chi connectivity index (χ4v) is 2.15. The number of anilines is 2. The molecular weight excluding hydrogens is 210 g/mol. The van der Waals surface area contributed by atoms with Crippen molar-refractivity contribution < 1.29 is 0 Å². The van der Waals surface area contributed by atoms with Crippen molar-refractivity contribution in [3.63, 3.8) is 0 Å². The van der Waals surface area contributed by atoms with Crippen molar-refractivity contribution in [1.29, 1.82) is 0 Å². The Balaban J connectivity index is 2.37. The Morgan fingerprint density at radius 3 is 2.35 bits per heavy atom. The molecule has 1 heterocycles. The van der Waals surface area contributed by atoms with E-state index >= 15 is 0 Å². The van der Waals surface area contributed by atoms with Crippen LogP contribution in [-0.2, 0) is 0 Å². The summed E-state index contributed by atoms with van der Waals surface area (Å²) < 4.78 is 0. The molecule has 2 aromatic carbocycles. The number of hydrogen-bond acceptors (Lipinski definition) is 2. The molecule has 0 saturated carbocycles. The number of benzene rings is 2. The minimum atomic E-state index is 0.531. The van der Waals surface area contributed by atoms with Crippen LogP contribution in [0.25, 0.3) is 22.0 Å². The predicted molar refractivity (Wildman–Crippen MR) is 72.6 cm³/mol. The van der Waals surface area contributed by atoms with Crippen LogP contribution in [0, 0.1) is 0 Å². The molecule has 5 N–H and O–H groups in total. The van der Waals surface area contributed by atoms with Gasteiger partial charge in [-0.3, -0.25) is 0 Å². The van der Waals surface area contributed by atoms with E-state index < -0.39 is 0 Å². The van der Waals surface area contributed by atoms with Crippen LogP contribution >= 0.6 is 0 Å². The molecule has 0 bridgehead atoms. The summed E-state index contributed by atoms with van der Waals surface area (Å²) in [7, 11) is 0. The van der Waals surface area contributed by atoms with E-state index in [0.29, 0.717) is 11.5 Å². The number of H-pyrrole nitrogens is 1. The van der Waals surface area contributed by atoms with Crippen LogP contribution in [0.3, 0.4) is 0 Å². The number of aromatic nitrogens is 1. The summed E-state index contributed by atoms with van der Waals surface area (Å²) in [5, 5.41) is 0.996. The standard InChI is InChI=1S/C14H13N3/c15-13-12-10(9-5-2-1-3-6-9)7-4-8-11(12)17-14(13)16/h1-8,17H,15-16H2. The summed E-state index contributed by atoms with van der Waals surface area (Å²) in [6.07, 6.45) is 0. The third-order valence-electron chi connectivity index (χ3n) is 2.98. The highest BCUT2D eigenvalue weighted by atomic mass is 14.9. The number of nitrogens with one attached hydrogen (secondary N) is 1. The zero-order valence-corrected chi connectivity index (χ0v) is 9.27. The second-order valence-corrected chi connectivity index (χ2v) is 4.05. The monoisotopic (exact) mass is 223 g/mol. The maximum atomic E-state index is 6.02. The highest BCUT2D eigenvalue weighted by Gasteiger charge is 2.10. The third kappa shape index (κ3) is 1.44.